The first-order valence-electron chi connectivity index (χ1n) is 9.32. The van der Waals surface area contributed by atoms with Gasteiger partial charge in [0.05, 0.1) is 6.54 Å². The second-order valence-corrected chi connectivity index (χ2v) is 9.06. The van der Waals surface area contributed by atoms with Gasteiger partial charge in [-0.15, -0.1) is 0 Å². The summed E-state index contributed by atoms with van der Waals surface area (Å²) >= 11 is 0. The molecule has 27 heavy (non-hydrogen) atoms. The van der Waals surface area contributed by atoms with Gasteiger partial charge in [-0.3, -0.25) is 0 Å². The Morgan fingerprint density at radius 3 is 2.59 bits per heavy atom. The van der Waals surface area contributed by atoms with Gasteiger partial charge in [-0.25, -0.2) is 23.4 Å². The highest BCUT2D eigenvalue weighted by atomic mass is 32.2. The van der Waals surface area contributed by atoms with Crippen LogP contribution in [0.25, 0.3) is 0 Å². The lowest BCUT2D eigenvalue weighted by atomic mass is 10.1. The molecule has 3 rings (SSSR count). The summed E-state index contributed by atoms with van der Waals surface area (Å²) in [5.74, 6) is 0.905. The maximum absolute atomic E-state index is 13.0. The summed E-state index contributed by atoms with van der Waals surface area (Å²) in [7, 11) is -1.83. The van der Waals surface area contributed by atoms with Crippen molar-refractivity contribution in [3.05, 3.63) is 30.0 Å². The number of sulfonamides is 1. The standard InChI is InChI=1S/C18H27N5O3S/c1-5-14-9-19-18(20-10-14)26-15-7-6-8-23(11-15)27(24,25)16-12-22(4)17(21-16)13(2)3/h9-10,12-13,15H,5-8,11H2,1-4H3. The van der Waals surface area contributed by atoms with E-state index >= 15 is 0 Å². The molecule has 0 bridgehead atoms. The Morgan fingerprint density at radius 1 is 1.30 bits per heavy atom. The van der Waals surface area contributed by atoms with E-state index < -0.39 is 10.0 Å². The Labute approximate surface area is 160 Å². The van der Waals surface area contributed by atoms with Crippen molar-refractivity contribution in [3.63, 3.8) is 0 Å². The van der Waals surface area contributed by atoms with Crippen molar-refractivity contribution in [2.24, 2.45) is 7.05 Å². The third kappa shape index (κ3) is 4.30. The van der Waals surface area contributed by atoms with E-state index in [-0.39, 0.29) is 29.6 Å². The van der Waals surface area contributed by atoms with Gasteiger partial charge in [-0.2, -0.15) is 4.31 Å². The third-order valence-electron chi connectivity index (χ3n) is 4.71. The highest BCUT2D eigenvalue weighted by molar-refractivity contribution is 7.89. The minimum absolute atomic E-state index is 0.0953. The molecule has 8 nitrogen and oxygen atoms in total. The van der Waals surface area contributed by atoms with Crippen molar-refractivity contribution in [2.45, 2.75) is 57.1 Å². The Morgan fingerprint density at radius 2 is 2.00 bits per heavy atom. The smallest absolute Gasteiger partial charge is 0.316 e. The molecule has 1 saturated heterocycles. The van der Waals surface area contributed by atoms with Gasteiger partial charge >= 0.3 is 6.01 Å². The van der Waals surface area contributed by atoms with Crippen molar-refractivity contribution < 1.29 is 13.2 Å². The van der Waals surface area contributed by atoms with E-state index in [1.807, 2.05) is 27.8 Å². The van der Waals surface area contributed by atoms with E-state index in [9.17, 15) is 8.42 Å². The number of rotatable bonds is 6. The predicted molar refractivity (Wildman–Crippen MR) is 101 cm³/mol. The van der Waals surface area contributed by atoms with Crippen LogP contribution in [0, 0.1) is 0 Å². The van der Waals surface area contributed by atoms with Crippen molar-refractivity contribution in [1.82, 2.24) is 23.8 Å². The van der Waals surface area contributed by atoms with E-state index in [1.165, 1.54) is 4.31 Å². The van der Waals surface area contributed by atoms with Gasteiger partial charge in [0.15, 0.2) is 5.03 Å². The van der Waals surface area contributed by atoms with Crippen molar-refractivity contribution in [3.8, 4) is 6.01 Å². The number of hydrogen-bond donors (Lipinski definition) is 0. The third-order valence-corrected chi connectivity index (χ3v) is 6.45. The molecule has 0 spiro atoms. The Hall–Kier alpha value is -2.00. The molecular weight excluding hydrogens is 366 g/mol. The first-order chi connectivity index (χ1) is 12.8. The van der Waals surface area contributed by atoms with Crippen LogP contribution >= 0.6 is 0 Å². The molecule has 1 atom stereocenters. The van der Waals surface area contributed by atoms with Crippen LogP contribution < -0.4 is 4.74 Å². The normalized spacial score (nSPS) is 18.8. The van der Waals surface area contributed by atoms with Crippen LogP contribution in [0.1, 0.15) is 50.9 Å². The van der Waals surface area contributed by atoms with Gasteiger partial charge in [0.2, 0.25) is 0 Å². The van der Waals surface area contributed by atoms with E-state index in [0.29, 0.717) is 6.54 Å². The summed E-state index contributed by atoms with van der Waals surface area (Å²) in [5.41, 5.74) is 1.03. The monoisotopic (exact) mass is 393 g/mol. The molecule has 0 amide bonds. The summed E-state index contributed by atoms with van der Waals surface area (Å²) in [6.07, 6.45) is 7.14. The zero-order chi connectivity index (χ0) is 19.6. The highest BCUT2D eigenvalue weighted by Crippen LogP contribution is 2.23. The molecule has 0 N–H and O–H groups in total. The first kappa shape index (κ1) is 19.8. The molecule has 2 aromatic rings. The summed E-state index contributed by atoms with van der Waals surface area (Å²) in [4.78, 5) is 12.8. The topological polar surface area (TPSA) is 90.2 Å². The molecule has 0 saturated carbocycles. The summed E-state index contributed by atoms with van der Waals surface area (Å²) in [6, 6.07) is 0.288. The van der Waals surface area contributed by atoms with Gasteiger partial charge in [0.25, 0.3) is 10.0 Å². The summed E-state index contributed by atoms with van der Waals surface area (Å²) < 4.78 is 35.1. The minimum Gasteiger partial charge on any atom is -0.459 e. The van der Waals surface area contributed by atoms with Crippen molar-refractivity contribution in [2.75, 3.05) is 13.1 Å². The van der Waals surface area contributed by atoms with E-state index in [4.69, 9.17) is 4.74 Å². The summed E-state index contributed by atoms with van der Waals surface area (Å²) in [6.45, 7) is 6.76. The van der Waals surface area contributed by atoms with Gasteiger partial charge < -0.3 is 9.30 Å². The van der Waals surface area contributed by atoms with E-state index in [1.54, 1.807) is 23.2 Å². The van der Waals surface area contributed by atoms with Crippen LogP contribution in [0.3, 0.4) is 0 Å². The molecular formula is C18H27N5O3S. The van der Waals surface area contributed by atoms with Crippen LogP contribution in [0.15, 0.2) is 23.6 Å². The zero-order valence-corrected chi connectivity index (χ0v) is 17.1. The second-order valence-electron chi connectivity index (χ2n) is 7.18. The number of aromatic nitrogens is 4. The second kappa shape index (κ2) is 7.93. The molecule has 0 aromatic carbocycles. The number of nitrogens with zero attached hydrogens (tertiary/aromatic N) is 5. The maximum atomic E-state index is 13.0. The highest BCUT2D eigenvalue weighted by Gasteiger charge is 2.33. The SMILES string of the molecule is CCc1cnc(OC2CCCN(S(=O)(=O)c3cn(C)c(C(C)C)n3)C2)nc1. The molecule has 1 fully saturated rings. The Bertz CT molecular complexity index is 877. The molecule has 0 radical (unpaired) electrons. The van der Waals surface area contributed by atoms with Crippen LogP contribution in [-0.2, 0) is 23.5 Å². The molecule has 9 heteroatoms. The minimum atomic E-state index is -3.65. The predicted octanol–water partition coefficient (Wildman–Crippen LogP) is 2.13. The fourth-order valence-corrected chi connectivity index (χ4v) is 4.70. The van der Waals surface area contributed by atoms with Crippen molar-refractivity contribution >= 4 is 10.0 Å². The van der Waals surface area contributed by atoms with Crippen LogP contribution in [0.4, 0.5) is 0 Å². The van der Waals surface area contributed by atoms with E-state index in [0.717, 1.165) is 30.7 Å². The lowest BCUT2D eigenvalue weighted by Gasteiger charge is -2.30. The lowest BCUT2D eigenvalue weighted by Crippen LogP contribution is -2.44. The molecule has 2 aromatic heterocycles. The molecule has 148 valence electrons. The lowest BCUT2D eigenvalue weighted by molar-refractivity contribution is 0.119. The van der Waals surface area contributed by atoms with Gasteiger partial charge in [0, 0.05) is 38.1 Å². The van der Waals surface area contributed by atoms with Gasteiger partial charge in [0.1, 0.15) is 11.9 Å². The number of aryl methyl sites for hydroxylation is 2. The van der Waals surface area contributed by atoms with Gasteiger partial charge in [-0.1, -0.05) is 20.8 Å². The van der Waals surface area contributed by atoms with Crippen molar-refractivity contribution in [1.29, 1.82) is 0 Å². The molecule has 0 aliphatic carbocycles. The molecule has 3 heterocycles. The quantitative estimate of drug-likeness (QED) is 0.747. The number of ether oxygens (including phenoxy) is 1. The zero-order valence-electron chi connectivity index (χ0n) is 16.3. The number of hydrogen-bond acceptors (Lipinski definition) is 6. The number of imidazole rings is 1. The largest absolute Gasteiger partial charge is 0.459 e. The van der Waals surface area contributed by atoms with Crippen LogP contribution in [0.2, 0.25) is 0 Å². The fraction of sp³-hybridized carbons (Fsp3) is 0.611. The van der Waals surface area contributed by atoms with Gasteiger partial charge in [-0.05, 0) is 24.8 Å². The van der Waals surface area contributed by atoms with Crippen LogP contribution in [0.5, 0.6) is 6.01 Å². The average molecular weight is 394 g/mol. The van der Waals surface area contributed by atoms with E-state index in [2.05, 4.69) is 15.0 Å². The first-order valence-corrected chi connectivity index (χ1v) is 10.8. The Kier molecular flexibility index (Phi) is 5.81. The fourth-order valence-electron chi connectivity index (χ4n) is 3.20. The maximum Gasteiger partial charge on any atom is 0.316 e. The average Bonchev–Trinajstić information content (AvgIpc) is 3.05. The number of piperidine rings is 1. The van der Waals surface area contributed by atoms with Crippen LogP contribution in [-0.4, -0.2) is 51.4 Å². The molecule has 1 unspecified atom stereocenters. The molecule has 1 aliphatic heterocycles. The summed E-state index contributed by atoms with van der Waals surface area (Å²) in [5, 5.41) is 0.0953. The molecule has 1 aliphatic rings. The Balaban J connectivity index is 1.73.